The van der Waals surface area contributed by atoms with Crippen molar-refractivity contribution in [2.24, 2.45) is 11.0 Å². The number of methoxy groups -OCH3 is 1. The van der Waals surface area contributed by atoms with Crippen molar-refractivity contribution < 1.29 is 28.6 Å². The van der Waals surface area contributed by atoms with Gasteiger partial charge in [-0.15, -0.1) is 0 Å². The molecule has 0 bridgehead atoms. The molecule has 10 heteroatoms. The van der Waals surface area contributed by atoms with E-state index in [9.17, 15) is 14.4 Å². The SMILES string of the molecule is C.COc1cccc(NC(=O)c2cc(-c3ccc(CC4C(=O)N(c5ccc(C(=O)O)cc5)N=C4C)o3)ccc2Cl)c1. The molecule has 0 spiro atoms. The maximum atomic E-state index is 13.2. The van der Waals surface area contributed by atoms with Crippen LogP contribution in [-0.2, 0) is 11.2 Å². The molecular formula is C31H28ClN3O6. The van der Waals surface area contributed by atoms with E-state index in [1.165, 1.54) is 17.1 Å². The number of carboxylic acid groups (broad SMARTS) is 1. The summed E-state index contributed by atoms with van der Waals surface area (Å²) >= 11 is 6.34. The number of carboxylic acids is 1. The number of ether oxygens (including phenoxy) is 1. The number of halogens is 1. The maximum absolute atomic E-state index is 13.2. The molecule has 2 amide bonds. The highest BCUT2D eigenvalue weighted by atomic mass is 35.5. The number of carbonyl (C=O) groups is 3. The number of carbonyl (C=O) groups excluding carboxylic acids is 2. The van der Waals surface area contributed by atoms with Gasteiger partial charge in [0.2, 0.25) is 0 Å². The van der Waals surface area contributed by atoms with Crippen molar-refractivity contribution in [3.63, 3.8) is 0 Å². The van der Waals surface area contributed by atoms with Gasteiger partial charge < -0.3 is 19.6 Å². The van der Waals surface area contributed by atoms with E-state index in [1.807, 2.05) is 0 Å². The summed E-state index contributed by atoms with van der Waals surface area (Å²) < 4.78 is 11.3. The lowest BCUT2D eigenvalue weighted by Crippen LogP contribution is -2.28. The van der Waals surface area contributed by atoms with Gasteiger partial charge >= 0.3 is 5.97 Å². The third kappa shape index (κ3) is 6.15. The number of hydrazone groups is 1. The fraction of sp³-hybridized carbons (Fsp3) is 0.161. The second-order valence-electron chi connectivity index (χ2n) is 9.15. The molecule has 1 aromatic heterocycles. The summed E-state index contributed by atoms with van der Waals surface area (Å²) in [5.41, 5.74) is 2.72. The first kappa shape index (κ1) is 29.1. The van der Waals surface area contributed by atoms with Gasteiger partial charge in [-0.2, -0.15) is 5.10 Å². The number of nitrogens with one attached hydrogen (secondary N) is 1. The van der Waals surface area contributed by atoms with Crippen molar-refractivity contribution in [3.8, 4) is 17.1 Å². The van der Waals surface area contributed by atoms with Crippen molar-refractivity contribution >= 4 is 46.5 Å². The third-order valence-corrected chi connectivity index (χ3v) is 6.85. The number of anilines is 2. The minimum Gasteiger partial charge on any atom is -0.497 e. The molecule has 1 aliphatic rings. The van der Waals surface area contributed by atoms with Gasteiger partial charge in [-0.05, 0) is 73.7 Å². The average molecular weight is 574 g/mol. The molecule has 2 heterocycles. The summed E-state index contributed by atoms with van der Waals surface area (Å²) in [6.45, 7) is 1.77. The Morgan fingerprint density at radius 1 is 1.07 bits per heavy atom. The first-order valence-corrected chi connectivity index (χ1v) is 12.7. The van der Waals surface area contributed by atoms with Crippen LogP contribution in [0.2, 0.25) is 5.02 Å². The number of rotatable bonds is 8. The van der Waals surface area contributed by atoms with Crippen molar-refractivity contribution in [2.45, 2.75) is 20.8 Å². The Morgan fingerprint density at radius 2 is 1.83 bits per heavy atom. The molecule has 9 nitrogen and oxygen atoms in total. The molecule has 1 aliphatic heterocycles. The van der Waals surface area contributed by atoms with Gasteiger partial charge in [0, 0.05) is 29.4 Å². The van der Waals surface area contributed by atoms with Crippen molar-refractivity contribution in [2.75, 3.05) is 17.4 Å². The highest BCUT2D eigenvalue weighted by Crippen LogP contribution is 2.31. The molecular weight excluding hydrogens is 546 g/mol. The lowest BCUT2D eigenvalue weighted by Gasteiger charge is -2.14. The van der Waals surface area contributed by atoms with Gasteiger partial charge in [0.15, 0.2) is 0 Å². The summed E-state index contributed by atoms with van der Waals surface area (Å²) in [6, 6.07) is 21.5. The smallest absolute Gasteiger partial charge is 0.335 e. The van der Waals surface area contributed by atoms with E-state index >= 15 is 0 Å². The van der Waals surface area contributed by atoms with Crippen molar-refractivity contribution in [1.29, 1.82) is 0 Å². The maximum Gasteiger partial charge on any atom is 0.335 e. The molecule has 5 rings (SSSR count). The summed E-state index contributed by atoms with van der Waals surface area (Å²) in [5.74, 6) is -0.496. The Hall–Kier alpha value is -4.89. The number of nitrogens with zero attached hydrogens (tertiary/aromatic N) is 2. The van der Waals surface area contributed by atoms with Gasteiger partial charge in [-0.25, -0.2) is 9.80 Å². The first-order chi connectivity index (χ1) is 19.2. The lowest BCUT2D eigenvalue weighted by atomic mass is 9.99. The van der Waals surface area contributed by atoms with Crippen LogP contribution in [0.25, 0.3) is 11.3 Å². The Bertz CT molecular complexity index is 1640. The summed E-state index contributed by atoms with van der Waals surface area (Å²) in [4.78, 5) is 37.2. The molecule has 210 valence electrons. The molecule has 2 N–H and O–H groups in total. The topological polar surface area (TPSA) is 121 Å². The van der Waals surface area contributed by atoms with Crippen LogP contribution in [0.1, 0.15) is 40.8 Å². The van der Waals surface area contributed by atoms with E-state index in [2.05, 4.69) is 10.4 Å². The zero-order valence-electron chi connectivity index (χ0n) is 21.6. The van der Waals surface area contributed by atoms with Gasteiger partial charge in [0.1, 0.15) is 17.3 Å². The molecule has 4 aromatic rings. The Balaban J connectivity index is 0.00000387. The average Bonchev–Trinajstić information content (AvgIpc) is 3.53. The van der Waals surface area contributed by atoms with Crippen LogP contribution in [0.4, 0.5) is 11.4 Å². The van der Waals surface area contributed by atoms with Crippen LogP contribution >= 0.6 is 11.6 Å². The normalized spacial score (nSPS) is 14.3. The number of hydrogen-bond acceptors (Lipinski definition) is 6. The summed E-state index contributed by atoms with van der Waals surface area (Å²) in [6.07, 6.45) is 0.286. The molecule has 3 aromatic carbocycles. The van der Waals surface area contributed by atoms with Gasteiger partial charge in [-0.3, -0.25) is 9.59 Å². The fourth-order valence-corrected chi connectivity index (χ4v) is 4.57. The number of amides is 2. The van der Waals surface area contributed by atoms with E-state index in [1.54, 1.807) is 80.8 Å². The van der Waals surface area contributed by atoms with Crippen LogP contribution < -0.4 is 15.1 Å². The molecule has 1 unspecified atom stereocenters. The predicted molar refractivity (Wildman–Crippen MR) is 158 cm³/mol. The number of hydrogen-bond donors (Lipinski definition) is 2. The van der Waals surface area contributed by atoms with Crippen LogP contribution in [0, 0.1) is 5.92 Å². The van der Waals surface area contributed by atoms with Gasteiger partial charge in [0.05, 0.1) is 34.9 Å². The van der Waals surface area contributed by atoms with E-state index in [4.69, 9.17) is 25.9 Å². The second-order valence-corrected chi connectivity index (χ2v) is 9.55. The van der Waals surface area contributed by atoms with E-state index < -0.39 is 11.9 Å². The van der Waals surface area contributed by atoms with Gasteiger partial charge in [0.25, 0.3) is 11.8 Å². The lowest BCUT2D eigenvalue weighted by molar-refractivity contribution is -0.119. The molecule has 0 radical (unpaired) electrons. The number of aromatic carboxylic acids is 1. The molecule has 41 heavy (non-hydrogen) atoms. The predicted octanol–water partition coefficient (Wildman–Crippen LogP) is 6.78. The van der Waals surface area contributed by atoms with E-state index in [0.717, 1.165) is 0 Å². The minimum absolute atomic E-state index is 0. The highest BCUT2D eigenvalue weighted by molar-refractivity contribution is 6.34. The fourth-order valence-electron chi connectivity index (χ4n) is 4.36. The minimum atomic E-state index is -1.05. The molecule has 0 fully saturated rings. The molecule has 1 atom stereocenters. The standard InChI is InChI=1S/C30H24ClN3O6.CH4/c1-17-24(29(36)34(33-17)21-9-6-18(7-10-21)30(37)38)16-23-11-13-27(40-23)19-8-12-26(31)25(14-19)28(35)32-20-4-3-5-22(15-20)39-2;/h3-15,24H,16H2,1-2H3,(H,32,35)(H,37,38);1H4. The quantitative estimate of drug-likeness (QED) is 0.240. The number of benzene rings is 3. The largest absolute Gasteiger partial charge is 0.497 e. The van der Waals surface area contributed by atoms with Crippen molar-refractivity contribution in [1.82, 2.24) is 0 Å². The summed E-state index contributed by atoms with van der Waals surface area (Å²) in [7, 11) is 1.55. The van der Waals surface area contributed by atoms with Gasteiger partial charge in [-0.1, -0.05) is 25.1 Å². The second kappa shape index (κ2) is 12.1. The monoisotopic (exact) mass is 573 g/mol. The highest BCUT2D eigenvalue weighted by Gasteiger charge is 2.35. The Morgan fingerprint density at radius 3 is 2.54 bits per heavy atom. The summed E-state index contributed by atoms with van der Waals surface area (Å²) in [5, 5.41) is 17.9. The third-order valence-electron chi connectivity index (χ3n) is 6.52. The molecule has 0 saturated heterocycles. The van der Waals surface area contributed by atoms with E-state index in [-0.39, 0.29) is 41.8 Å². The first-order valence-electron chi connectivity index (χ1n) is 12.3. The van der Waals surface area contributed by atoms with Crippen LogP contribution in [0.5, 0.6) is 5.75 Å². The van der Waals surface area contributed by atoms with E-state index in [0.29, 0.717) is 39.9 Å². The zero-order chi connectivity index (χ0) is 28.4. The Kier molecular flexibility index (Phi) is 8.59. The Labute approximate surface area is 242 Å². The van der Waals surface area contributed by atoms with Crippen LogP contribution in [0.3, 0.4) is 0 Å². The van der Waals surface area contributed by atoms with Crippen LogP contribution in [-0.4, -0.2) is 35.7 Å². The number of furan rings is 1. The van der Waals surface area contributed by atoms with Crippen LogP contribution in [0.15, 0.2) is 88.4 Å². The van der Waals surface area contributed by atoms with Crippen molar-refractivity contribution in [3.05, 3.63) is 101 Å². The zero-order valence-corrected chi connectivity index (χ0v) is 22.3. The molecule has 0 aliphatic carbocycles. The molecule has 0 saturated carbocycles.